The summed E-state index contributed by atoms with van der Waals surface area (Å²) in [5.41, 5.74) is 0. The summed E-state index contributed by atoms with van der Waals surface area (Å²) in [7, 11) is 1.75. The molecule has 2 saturated carbocycles. The Morgan fingerprint density at radius 1 is 1.05 bits per heavy atom. The van der Waals surface area contributed by atoms with Crippen LogP contribution in [0, 0.1) is 11.8 Å². The molecule has 19 heavy (non-hydrogen) atoms. The molecule has 1 N–H and O–H groups in total. The molecule has 1 unspecified atom stereocenters. The normalized spacial score (nSPS) is 21.9. The van der Waals surface area contributed by atoms with E-state index in [9.17, 15) is 0 Å². The van der Waals surface area contributed by atoms with Crippen LogP contribution in [0.25, 0.3) is 0 Å². The monoisotopic (exact) mass is 269 g/mol. The molecule has 3 nitrogen and oxygen atoms in total. The number of ether oxygens (including phenoxy) is 2. The molecule has 0 heterocycles. The maximum Gasteiger partial charge on any atom is 0.0487 e. The third-order valence-corrected chi connectivity index (χ3v) is 4.58. The van der Waals surface area contributed by atoms with Crippen molar-refractivity contribution >= 4 is 0 Å². The summed E-state index contributed by atoms with van der Waals surface area (Å²) in [5, 5.41) is 3.72. The first-order chi connectivity index (χ1) is 9.40. The minimum absolute atomic E-state index is 0.815. The molecular formula is C16H31NO2. The van der Waals surface area contributed by atoms with E-state index in [1.165, 1.54) is 51.5 Å². The van der Waals surface area contributed by atoms with Crippen LogP contribution < -0.4 is 5.32 Å². The van der Waals surface area contributed by atoms with Gasteiger partial charge >= 0.3 is 0 Å². The van der Waals surface area contributed by atoms with Gasteiger partial charge in [0.05, 0.1) is 0 Å². The summed E-state index contributed by atoms with van der Waals surface area (Å²) in [6.45, 7) is 3.81. The Balaban J connectivity index is 1.58. The van der Waals surface area contributed by atoms with Crippen molar-refractivity contribution in [2.45, 2.75) is 57.4 Å². The Morgan fingerprint density at radius 2 is 1.84 bits per heavy atom. The first-order valence-electron chi connectivity index (χ1n) is 8.20. The number of hydrogen-bond acceptors (Lipinski definition) is 3. The van der Waals surface area contributed by atoms with Gasteiger partial charge in [0.1, 0.15) is 0 Å². The Hall–Kier alpha value is -0.120. The van der Waals surface area contributed by atoms with Crippen LogP contribution in [0.2, 0.25) is 0 Å². The molecule has 0 radical (unpaired) electrons. The summed E-state index contributed by atoms with van der Waals surface area (Å²) in [6.07, 6.45) is 10.8. The van der Waals surface area contributed by atoms with Crippen molar-refractivity contribution in [2.24, 2.45) is 11.8 Å². The van der Waals surface area contributed by atoms with Gasteiger partial charge in [-0.15, -0.1) is 0 Å². The highest BCUT2D eigenvalue weighted by molar-refractivity contribution is 4.84. The van der Waals surface area contributed by atoms with Gasteiger partial charge < -0.3 is 14.8 Å². The lowest BCUT2D eigenvalue weighted by Crippen LogP contribution is -2.29. The van der Waals surface area contributed by atoms with Gasteiger partial charge in [0.15, 0.2) is 0 Å². The van der Waals surface area contributed by atoms with Crippen LogP contribution in [0.15, 0.2) is 0 Å². The van der Waals surface area contributed by atoms with Crippen molar-refractivity contribution in [3.8, 4) is 0 Å². The standard InChI is InChI=1S/C16H31NO2/c1-18-10-4-11-19-12-9-15(13-17-16-7-8-16)14-5-2-3-6-14/h14-17H,2-13H2,1H3. The lowest BCUT2D eigenvalue weighted by atomic mass is 9.88. The minimum Gasteiger partial charge on any atom is -0.385 e. The van der Waals surface area contributed by atoms with Crippen LogP contribution in [-0.2, 0) is 9.47 Å². The fourth-order valence-electron chi connectivity index (χ4n) is 3.18. The Kier molecular flexibility index (Phi) is 7.18. The summed E-state index contributed by atoms with van der Waals surface area (Å²) in [5.74, 6) is 1.79. The van der Waals surface area contributed by atoms with E-state index in [2.05, 4.69) is 5.32 Å². The third kappa shape index (κ3) is 6.24. The molecule has 0 aliphatic heterocycles. The first kappa shape index (κ1) is 15.3. The zero-order valence-electron chi connectivity index (χ0n) is 12.5. The van der Waals surface area contributed by atoms with Crippen molar-refractivity contribution in [1.82, 2.24) is 5.32 Å². The molecular weight excluding hydrogens is 238 g/mol. The van der Waals surface area contributed by atoms with Gasteiger partial charge in [0.2, 0.25) is 0 Å². The molecule has 0 aromatic heterocycles. The van der Waals surface area contributed by atoms with Crippen LogP contribution in [0.1, 0.15) is 51.4 Å². The maximum absolute atomic E-state index is 5.74. The van der Waals surface area contributed by atoms with Gasteiger partial charge in [-0.1, -0.05) is 25.7 Å². The van der Waals surface area contributed by atoms with Gasteiger partial charge in [-0.2, -0.15) is 0 Å². The SMILES string of the molecule is COCCCOCCC(CNC1CC1)C1CCCC1. The summed E-state index contributed by atoms with van der Waals surface area (Å²) in [6, 6.07) is 0.839. The van der Waals surface area contributed by atoms with Crippen molar-refractivity contribution in [3.05, 3.63) is 0 Å². The second kappa shape index (κ2) is 8.93. The number of nitrogens with one attached hydrogen (secondary N) is 1. The fourth-order valence-corrected chi connectivity index (χ4v) is 3.18. The lowest BCUT2D eigenvalue weighted by Gasteiger charge is -2.24. The average molecular weight is 269 g/mol. The molecule has 0 aromatic rings. The highest BCUT2D eigenvalue weighted by Crippen LogP contribution is 2.33. The maximum atomic E-state index is 5.74. The molecule has 0 amide bonds. The average Bonchev–Trinajstić information content (AvgIpc) is 3.09. The van der Waals surface area contributed by atoms with Crippen LogP contribution in [0.3, 0.4) is 0 Å². The second-order valence-corrected chi connectivity index (χ2v) is 6.23. The van der Waals surface area contributed by atoms with Gasteiger partial charge in [-0.3, -0.25) is 0 Å². The van der Waals surface area contributed by atoms with Crippen LogP contribution in [-0.4, -0.2) is 39.5 Å². The van der Waals surface area contributed by atoms with Crippen LogP contribution in [0.5, 0.6) is 0 Å². The minimum atomic E-state index is 0.815. The van der Waals surface area contributed by atoms with Crippen LogP contribution in [0.4, 0.5) is 0 Å². The molecule has 0 saturated heterocycles. The van der Waals surface area contributed by atoms with E-state index >= 15 is 0 Å². The molecule has 0 bridgehead atoms. The van der Waals surface area contributed by atoms with Gasteiger partial charge in [0.25, 0.3) is 0 Å². The number of rotatable bonds is 11. The topological polar surface area (TPSA) is 30.5 Å². The van der Waals surface area contributed by atoms with Crippen molar-refractivity contribution in [1.29, 1.82) is 0 Å². The zero-order valence-corrected chi connectivity index (χ0v) is 12.5. The van der Waals surface area contributed by atoms with Crippen molar-refractivity contribution < 1.29 is 9.47 Å². The number of hydrogen-bond donors (Lipinski definition) is 1. The summed E-state index contributed by atoms with van der Waals surface area (Å²) < 4.78 is 10.8. The molecule has 2 fully saturated rings. The Labute approximate surface area is 118 Å². The van der Waals surface area contributed by atoms with Crippen molar-refractivity contribution in [2.75, 3.05) is 33.5 Å². The summed E-state index contributed by atoms with van der Waals surface area (Å²) >= 11 is 0. The van der Waals surface area contributed by atoms with E-state index in [1.54, 1.807) is 7.11 Å². The highest BCUT2D eigenvalue weighted by Gasteiger charge is 2.27. The van der Waals surface area contributed by atoms with Crippen LogP contribution >= 0.6 is 0 Å². The van der Waals surface area contributed by atoms with Crippen molar-refractivity contribution in [3.63, 3.8) is 0 Å². The predicted octanol–water partition coefficient (Wildman–Crippen LogP) is 2.99. The molecule has 2 aliphatic carbocycles. The van der Waals surface area contributed by atoms with Gasteiger partial charge in [-0.05, 0) is 44.1 Å². The fraction of sp³-hybridized carbons (Fsp3) is 1.00. The largest absolute Gasteiger partial charge is 0.385 e. The first-order valence-corrected chi connectivity index (χ1v) is 8.20. The molecule has 1 atom stereocenters. The van der Waals surface area contributed by atoms with E-state index in [-0.39, 0.29) is 0 Å². The summed E-state index contributed by atoms with van der Waals surface area (Å²) in [4.78, 5) is 0. The molecule has 2 rings (SSSR count). The lowest BCUT2D eigenvalue weighted by molar-refractivity contribution is 0.0874. The molecule has 2 aliphatic rings. The number of methoxy groups -OCH3 is 1. The Morgan fingerprint density at radius 3 is 2.53 bits per heavy atom. The molecule has 112 valence electrons. The van der Waals surface area contributed by atoms with E-state index < -0.39 is 0 Å². The molecule has 3 heteroatoms. The van der Waals surface area contributed by atoms with E-state index in [1.807, 2.05) is 0 Å². The van der Waals surface area contributed by atoms with E-state index in [0.717, 1.165) is 44.1 Å². The smallest absolute Gasteiger partial charge is 0.0487 e. The van der Waals surface area contributed by atoms with Gasteiger partial charge in [0, 0.05) is 33.0 Å². The quantitative estimate of drug-likeness (QED) is 0.585. The van der Waals surface area contributed by atoms with Gasteiger partial charge in [-0.25, -0.2) is 0 Å². The highest BCUT2D eigenvalue weighted by atomic mass is 16.5. The third-order valence-electron chi connectivity index (χ3n) is 4.58. The molecule has 0 spiro atoms. The van der Waals surface area contributed by atoms with E-state index in [4.69, 9.17) is 9.47 Å². The van der Waals surface area contributed by atoms with E-state index in [0.29, 0.717) is 0 Å². The predicted molar refractivity (Wildman–Crippen MR) is 78.4 cm³/mol. The molecule has 0 aromatic carbocycles. The Bertz CT molecular complexity index is 225. The zero-order chi connectivity index (χ0) is 13.3. The second-order valence-electron chi connectivity index (χ2n) is 6.23.